The molecule has 0 spiro atoms. The molecule has 1 unspecified atom stereocenters. The molecule has 0 bridgehead atoms. The second-order valence-electron chi connectivity index (χ2n) is 11.3. The molecule has 42 heavy (non-hydrogen) atoms. The highest BCUT2D eigenvalue weighted by molar-refractivity contribution is 6.36. The van der Waals surface area contributed by atoms with Crippen LogP contribution in [0.15, 0.2) is 48.9 Å². The number of primary amides is 1. The number of aromatic nitrogens is 3. The molecule has 1 atom stereocenters. The van der Waals surface area contributed by atoms with Crippen LogP contribution in [-0.2, 0) is 16.0 Å². The van der Waals surface area contributed by atoms with Crippen LogP contribution in [0.2, 0.25) is 10.0 Å². The molecule has 2 aliphatic rings. The van der Waals surface area contributed by atoms with Gasteiger partial charge in [-0.2, -0.15) is 0 Å². The average molecular weight is 614 g/mol. The minimum absolute atomic E-state index is 0.288. The van der Waals surface area contributed by atoms with Crippen molar-refractivity contribution in [2.75, 3.05) is 36.5 Å². The first-order valence-corrected chi connectivity index (χ1v) is 14.4. The molecule has 1 fully saturated rings. The minimum Gasteiger partial charge on any atom is -0.444 e. The number of benzene rings is 2. The number of ether oxygens (including phenoxy) is 1. The number of aryl methyl sites for hydroxylation is 1. The number of rotatable bonds is 6. The fourth-order valence-corrected chi connectivity index (χ4v) is 5.66. The molecule has 5 rings (SSSR count). The molecule has 1 aromatic heterocycles. The van der Waals surface area contributed by atoms with Crippen molar-refractivity contribution >= 4 is 52.3 Å². The smallest absolute Gasteiger partial charge is 0.410 e. The Bertz CT molecular complexity index is 1510. The van der Waals surface area contributed by atoms with Crippen LogP contribution in [0.4, 0.5) is 16.2 Å². The van der Waals surface area contributed by atoms with Gasteiger partial charge in [0.25, 0.3) is 0 Å². The molecule has 0 saturated carbocycles. The minimum atomic E-state index is -0.904. The highest BCUT2D eigenvalue weighted by atomic mass is 35.5. The maximum Gasteiger partial charge on any atom is 0.410 e. The van der Waals surface area contributed by atoms with Crippen molar-refractivity contribution < 1.29 is 14.3 Å². The third kappa shape index (κ3) is 6.27. The average Bonchev–Trinajstić information content (AvgIpc) is 3.40. The molecule has 3 heterocycles. The summed E-state index contributed by atoms with van der Waals surface area (Å²) in [4.78, 5) is 29.1. The molecule has 0 radical (unpaired) electrons. The summed E-state index contributed by atoms with van der Waals surface area (Å²) in [6, 6.07) is 10.4. The summed E-state index contributed by atoms with van der Waals surface area (Å²) in [7, 11) is 0. The number of nitrogens with one attached hydrogen (secondary N) is 1. The van der Waals surface area contributed by atoms with E-state index < -0.39 is 17.6 Å². The number of hydrazine groups is 1. The zero-order valence-electron chi connectivity index (χ0n) is 24.0. The van der Waals surface area contributed by atoms with E-state index in [9.17, 15) is 9.59 Å². The van der Waals surface area contributed by atoms with Gasteiger partial charge >= 0.3 is 6.09 Å². The summed E-state index contributed by atoms with van der Waals surface area (Å²) in [5.41, 5.74) is 13.0. The zero-order valence-corrected chi connectivity index (χ0v) is 25.5. The lowest BCUT2D eigenvalue weighted by molar-refractivity contribution is -0.122. The lowest BCUT2D eigenvalue weighted by Crippen LogP contribution is -2.50. The Hall–Kier alpha value is -3.96. The summed E-state index contributed by atoms with van der Waals surface area (Å²) < 4.78 is 7.25. The fraction of sp³-hybridized carbons (Fsp3) is 0.379. The maximum atomic E-state index is 12.6. The van der Waals surface area contributed by atoms with Crippen molar-refractivity contribution in [3.8, 4) is 0 Å². The highest BCUT2D eigenvalue weighted by Crippen LogP contribution is 2.34. The van der Waals surface area contributed by atoms with E-state index >= 15 is 0 Å². The van der Waals surface area contributed by atoms with Gasteiger partial charge in [0.2, 0.25) is 5.91 Å². The predicted molar refractivity (Wildman–Crippen MR) is 163 cm³/mol. The number of halogens is 2. The number of nitrogens with two attached hydrogens (primary N) is 1. The van der Waals surface area contributed by atoms with Crippen LogP contribution in [0.1, 0.15) is 43.8 Å². The van der Waals surface area contributed by atoms with Crippen molar-refractivity contribution in [2.45, 2.75) is 45.8 Å². The molecule has 2 amide bonds. The van der Waals surface area contributed by atoms with Gasteiger partial charge in [-0.1, -0.05) is 29.3 Å². The Morgan fingerprint density at radius 1 is 1.10 bits per heavy atom. The van der Waals surface area contributed by atoms with Crippen LogP contribution in [0, 0.1) is 6.92 Å². The topological polar surface area (TPSA) is 122 Å². The van der Waals surface area contributed by atoms with Crippen LogP contribution >= 0.6 is 23.2 Å². The van der Waals surface area contributed by atoms with Gasteiger partial charge in [-0.25, -0.2) is 4.79 Å². The fourth-order valence-electron chi connectivity index (χ4n) is 5.13. The van der Waals surface area contributed by atoms with E-state index in [0.29, 0.717) is 48.5 Å². The second kappa shape index (κ2) is 11.7. The molecule has 3 aromatic rings. The molecule has 1 saturated heterocycles. The number of carbonyl (C=O) groups is 2. The number of fused-ring (bicyclic) bond motifs is 1. The van der Waals surface area contributed by atoms with E-state index in [1.807, 2.05) is 45.9 Å². The van der Waals surface area contributed by atoms with Crippen LogP contribution in [0.5, 0.6) is 0 Å². The Morgan fingerprint density at radius 2 is 1.79 bits per heavy atom. The summed E-state index contributed by atoms with van der Waals surface area (Å²) in [6.07, 6.45) is 3.43. The quantitative estimate of drug-likeness (QED) is 0.405. The van der Waals surface area contributed by atoms with Gasteiger partial charge in [0.1, 0.15) is 11.9 Å². The van der Waals surface area contributed by atoms with Crippen LogP contribution in [0.25, 0.3) is 5.70 Å². The molecule has 2 aliphatic heterocycles. The Kier molecular flexibility index (Phi) is 8.25. The van der Waals surface area contributed by atoms with Crippen molar-refractivity contribution in [3.05, 3.63) is 75.9 Å². The number of hydrogen-bond acceptors (Lipinski definition) is 8. The normalized spacial score (nSPS) is 17.0. The maximum absolute atomic E-state index is 12.6. The van der Waals surface area contributed by atoms with Gasteiger partial charge in [0.15, 0.2) is 11.9 Å². The first-order chi connectivity index (χ1) is 19.9. The van der Waals surface area contributed by atoms with Crippen molar-refractivity contribution in [1.29, 1.82) is 0 Å². The molecule has 13 heteroatoms. The summed E-state index contributed by atoms with van der Waals surface area (Å²) in [5.74, 6) is -0.203. The largest absolute Gasteiger partial charge is 0.444 e. The van der Waals surface area contributed by atoms with E-state index in [1.54, 1.807) is 45.2 Å². The molecule has 2 aromatic carbocycles. The highest BCUT2D eigenvalue weighted by Gasteiger charge is 2.35. The number of anilines is 2. The van der Waals surface area contributed by atoms with Crippen molar-refractivity contribution in [1.82, 2.24) is 24.7 Å². The monoisotopic (exact) mass is 612 g/mol. The van der Waals surface area contributed by atoms with Crippen molar-refractivity contribution in [2.24, 2.45) is 5.73 Å². The van der Waals surface area contributed by atoms with Gasteiger partial charge in [-0.15, -0.1) is 10.2 Å². The van der Waals surface area contributed by atoms with E-state index in [0.717, 1.165) is 28.2 Å². The number of nitrogens with zero attached hydrogens (tertiary/aromatic N) is 6. The first kappa shape index (κ1) is 29.5. The predicted octanol–water partition coefficient (Wildman–Crippen LogP) is 4.86. The molecule has 3 N–H and O–H groups in total. The van der Waals surface area contributed by atoms with Crippen LogP contribution in [0.3, 0.4) is 0 Å². The lowest BCUT2D eigenvalue weighted by Gasteiger charge is -2.37. The van der Waals surface area contributed by atoms with Crippen molar-refractivity contribution in [3.63, 3.8) is 0 Å². The SMILES string of the molecule is Cc1cc(NN2C=C(Cc3c(Cl)cccc3Cl)n3cnnc3C2C(N)=O)ccc1N1CCN(C(=O)OC(C)(C)C)CC1. The second-order valence-corrected chi connectivity index (χ2v) is 12.2. The summed E-state index contributed by atoms with van der Waals surface area (Å²) in [5, 5.41) is 10.9. The number of hydrogen-bond donors (Lipinski definition) is 2. The van der Waals surface area contributed by atoms with Gasteiger partial charge in [0, 0.05) is 60.2 Å². The Morgan fingerprint density at radius 3 is 2.40 bits per heavy atom. The summed E-state index contributed by atoms with van der Waals surface area (Å²) >= 11 is 12.9. The van der Waals surface area contributed by atoms with E-state index in [4.69, 9.17) is 33.7 Å². The lowest BCUT2D eigenvalue weighted by atomic mass is 10.1. The number of piperazine rings is 1. The van der Waals surface area contributed by atoms with Gasteiger partial charge in [-0.3, -0.25) is 19.8 Å². The first-order valence-electron chi connectivity index (χ1n) is 13.6. The molecule has 222 valence electrons. The van der Waals surface area contributed by atoms with E-state index in [-0.39, 0.29) is 6.09 Å². The molecular formula is C29H34Cl2N8O3. The zero-order chi connectivity index (χ0) is 30.2. The third-order valence-corrected chi connectivity index (χ3v) is 7.82. The number of allylic oxidation sites excluding steroid dienone is 1. The van der Waals surface area contributed by atoms with E-state index in [1.165, 1.54) is 0 Å². The Balaban J connectivity index is 1.34. The standard InChI is InChI=1S/C29H34Cl2N8O3/c1-18-14-19(8-9-24(18)36-10-12-37(13-11-36)28(41)42-29(2,3)4)35-39-16-20(15-21-22(30)6-5-7-23(21)31)38-17-33-34-27(38)25(39)26(32)40/h5-9,14,16-17,25,35H,10-13,15H2,1-4H3,(H2,32,40). The summed E-state index contributed by atoms with van der Waals surface area (Å²) in [6.45, 7) is 10.2. The number of carbonyl (C=O) groups excluding carboxylic acids is 2. The van der Waals surface area contributed by atoms with Gasteiger partial charge < -0.3 is 20.3 Å². The van der Waals surface area contributed by atoms with Crippen LogP contribution in [-0.4, -0.2) is 68.5 Å². The molecular weight excluding hydrogens is 579 g/mol. The number of amides is 2. The van der Waals surface area contributed by atoms with Gasteiger partial charge in [-0.05, 0) is 69.2 Å². The third-order valence-electron chi connectivity index (χ3n) is 7.11. The van der Waals surface area contributed by atoms with Gasteiger partial charge in [0.05, 0.1) is 5.69 Å². The van der Waals surface area contributed by atoms with Crippen LogP contribution < -0.4 is 16.1 Å². The Labute approximate surface area is 254 Å². The van der Waals surface area contributed by atoms with E-state index in [2.05, 4.69) is 20.5 Å². The molecule has 11 nitrogen and oxygen atoms in total. The molecule has 0 aliphatic carbocycles.